The number of hydrogen-bond donors (Lipinski definition) is 2. The summed E-state index contributed by atoms with van der Waals surface area (Å²) in [6, 6.07) is 0. The largest absolute Gasteiger partial charge is 1.00 e. The van der Waals surface area contributed by atoms with Crippen molar-refractivity contribution in [2.24, 2.45) is 5.92 Å². The fourth-order valence-electron chi connectivity index (χ4n) is 1.14. The monoisotopic (exact) mass is 277 g/mol. The fraction of sp³-hybridized carbons (Fsp3) is 0.889. The van der Waals surface area contributed by atoms with E-state index in [9.17, 15) is 4.79 Å². The van der Waals surface area contributed by atoms with Gasteiger partial charge in [0.1, 0.15) is 0 Å². The van der Waals surface area contributed by atoms with Gasteiger partial charge in [-0.25, -0.2) is 4.79 Å². The Balaban J connectivity index is -0.000000845. The van der Waals surface area contributed by atoms with Crippen LogP contribution in [0.4, 0.5) is 4.79 Å². The van der Waals surface area contributed by atoms with Crippen LogP contribution in [-0.2, 0) is 4.74 Å². The molecular formula is C9H20KNO2S2. The van der Waals surface area contributed by atoms with E-state index in [1.807, 2.05) is 0 Å². The van der Waals surface area contributed by atoms with Gasteiger partial charge in [-0.2, -0.15) is 3.71 Å². The van der Waals surface area contributed by atoms with Crippen molar-refractivity contribution in [1.82, 2.24) is 3.71 Å². The van der Waals surface area contributed by atoms with Gasteiger partial charge in [0.05, 0.1) is 6.61 Å². The van der Waals surface area contributed by atoms with E-state index in [0.29, 0.717) is 12.5 Å². The zero-order chi connectivity index (χ0) is 11.0. The smallest absolute Gasteiger partial charge is 1.00 e. The molecule has 0 fully saturated rings. The van der Waals surface area contributed by atoms with Crippen molar-refractivity contribution in [1.29, 1.82) is 0 Å². The van der Waals surface area contributed by atoms with E-state index < -0.39 is 6.09 Å². The second kappa shape index (κ2) is 12.1. The molecule has 0 saturated heterocycles. The summed E-state index contributed by atoms with van der Waals surface area (Å²) in [5, 5.41) is 0. The van der Waals surface area contributed by atoms with E-state index >= 15 is 0 Å². The Morgan fingerprint density at radius 2 is 2.07 bits per heavy atom. The molecular weight excluding hydrogens is 257 g/mol. The van der Waals surface area contributed by atoms with Gasteiger partial charge in [0.15, 0.2) is 0 Å². The molecule has 0 aliphatic heterocycles. The van der Waals surface area contributed by atoms with Gasteiger partial charge in [-0.3, -0.25) is 0 Å². The zero-order valence-corrected chi connectivity index (χ0v) is 14.7. The standard InChI is InChI=1S/C9H19NO2S2.K.H/c1-3-5-6-8(4-2)7-12-9(11)10(13)14;;/h8,13-14H,3-7H2,1-2H3;;/q;+1;-1. The maximum Gasteiger partial charge on any atom is 1.00 e. The first-order valence-corrected chi connectivity index (χ1v) is 5.76. The molecule has 0 N–H and O–H groups in total. The summed E-state index contributed by atoms with van der Waals surface area (Å²) in [5.41, 5.74) is 0. The first-order chi connectivity index (χ1) is 6.61. The number of carbonyl (C=O) groups excluding carboxylic acids is 1. The van der Waals surface area contributed by atoms with Gasteiger partial charge >= 0.3 is 57.5 Å². The number of ether oxygens (including phenoxy) is 1. The van der Waals surface area contributed by atoms with Crippen LogP contribution >= 0.6 is 25.6 Å². The molecule has 1 atom stereocenters. The third kappa shape index (κ3) is 10.5. The topological polar surface area (TPSA) is 29.5 Å². The van der Waals surface area contributed by atoms with Crippen molar-refractivity contribution in [3.8, 4) is 0 Å². The van der Waals surface area contributed by atoms with Crippen molar-refractivity contribution in [3.63, 3.8) is 0 Å². The van der Waals surface area contributed by atoms with Crippen molar-refractivity contribution in [3.05, 3.63) is 0 Å². The normalized spacial score (nSPS) is 11.5. The Morgan fingerprint density at radius 1 is 1.47 bits per heavy atom. The van der Waals surface area contributed by atoms with Crippen LogP contribution in [0, 0.1) is 5.92 Å². The van der Waals surface area contributed by atoms with E-state index in [-0.39, 0.29) is 52.8 Å². The number of nitrogens with zero attached hydrogens (tertiary/aromatic N) is 1. The molecule has 0 spiro atoms. The molecule has 0 bridgehead atoms. The van der Waals surface area contributed by atoms with Crippen LogP contribution in [0.1, 0.15) is 41.0 Å². The number of amides is 1. The Labute approximate surface area is 148 Å². The van der Waals surface area contributed by atoms with Crippen LogP contribution in [0.25, 0.3) is 0 Å². The van der Waals surface area contributed by atoms with E-state index in [0.717, 1.165) is 16.6 Å². The molecule has 0 aliphatic carbocycles. The summed E-state index contributed by atoms with van der Waals surface area (Å²) < 4.78 is 5.84. The van der Waals surface area contributed by atoms with Gasteiger partial charge in [0.25, 0.3) is 0 Å². The first kappa shape index (κ1) is 19.0. The maximum atomic E-state index is 11.0. The molecule has 0 aromatic heterocycles. The molecule has 0 heterocycles. The molecule has 15 heavy (non-hydrogen) atoms. The van der Waals surface area contributed by atoms with Crippen molar-refractivity contribution >= 4 is 31.7 Å². The van der Waals surface area contributed by atoms with Gasteiger partial charge in [0.2, 0.25) is 0 Å². The minimum Gasteiger partial charge on any atom is -1.00 e. The number of thiol groups is 2. The summed E-state index contributed by atoms with van der Waals surface area (Å²) in [6.45, 7) is 4.72. The maximum absolute atomic E-state index is 11.0. The summed E-state index contributed by atoms with van der Waals surface area (Å²) >= 11 is 7.44. The van der Waals surface area contributed by atoms with Gasteiger partial charge in [0, 0.05) is 0 Å². The van der Waals surface area contributed by atoms with Gasteiger partial charge in [-0.15, -0.1) is 0 Å². The molecule has 0 rings (SSSR count). The third-order valence-corrected chi connectivity index (χ3v) is 2.48. The molecule has 1 unspecified atom stereocenters. The summed E-state index contributed by atoms with van der Waals surface area (Å²) in [5.74, 6) is 0.459. The van der Waals surface area contributed by atoms with Crippen LogP contribution in [0.3, 0.4) is 0 Å². The predicted molar refractivity (Wildman–Crippen MR) is 65.6 cm³/mol. The first-order valence-electron chi connectivity index (χ1n) is 4.96. The van der Waals surface area contributed by atoms with Gasteiger partial charge in [-0.05, 0) is 38.0 Å². The van der Waals surface area contributed by atoms with E-state index in [4.69, 9.17) is 4.74 Å². The second-order valence-electron chi connectivity index (χ2n) is 3.28. The molecule has 3 nitrogen and oxygen atoms in total. The number of unbranched alkanes of at least 4 members (excludes halogenated alkanes) is 1. The summed E-state index contributed by atoms with van der Waals surface area (Å²) in [6.07, 6.45) is 4.00. The fourth-order valence-corrected chi connectivity index (χ4v) is 1.26. The minimum atomic E-state index is -0.508. The Hall–Kier alpha value is 1.61. The van der Waals surface area contributed by atoms with E-state index in [1.165, 1.54) is 12.8 Å². The number of rotatable bonds is 6. The molecule has 1 amide bonds. The predicted octanol–water partition coefficient (Wildman–Crippen LogP) is 0.448. The van der Waals surface area contributed by atoms with Crippen molar-refractivity contribution < 1.29 is 62.3 Å². The molecule has 0 aromatic carbocycles. The number of carbonyl (C=O) groups is 1. The Bertz CT molecular complexity index is 176. The second-order valence-corrected chi connectivity index (χ2v) is 4.40. The minimum absolute atomic E-state index is 0. The van der Waals surface area contributed by atoms with Crippen LogP contribution < -0.4 is 51.4 Å². The van der Waals surface area contributed by atoms with E-state index in [2.05, 4.69) is 39.5 Å². The van der Waals surface area contributed by atoms with Crippen molar-refractivity contribution in [2.75, 3.05) is 6.61 Å². The van der Waals surface area contributed by atoms with Crippen LogP contribution in [0.5, 0.6) is 0 Å². The average molecular weight is 277 g/mol. The van der Waals surface area contributed by atoms with Gasteiger partial charge < -0.3 is 6.16 Å². The van der Waals surface area contributed by atoms with Crippen LogP contribution in [0.15, 0.2) is 0 Å². The third-order valence-electron chi connectivity index (χ3n) is 2.15. The van der Waals surface area contributed by atoms with Crippen LogP contribution in [0.2, 0.25) is 0 Å². The summed E-state index contributed by atoms with van der Waals surface area (Å²) in [7, 11) is 0. The molecule has 0 aliphatic rings. The SMILES string of the molecule is CCCCC(CC)COC(=O)N(S)S.[H-].[K+]. The average Bonchev–Trinajstić information content (AvgIpc) is 2.17. The summed E-state index contributed by atoms with van der Waals surface area (Å²) in [4.78, 5) is 11.0. The van der Waals surface area contributed by atoms with E-state index in [1.54, 1.807) is 0 Å². The molecule has 0 saturated carbocycles. The molecule has 0 radical (unpaired) electrons. The molecule has 0 aromatic rings. The van der Waals surface area contributed by atoms with Crippen LogP contribution in [-0.4, -0.2) is 16.4 Å². The quantitative estimate of drug-likeness (QED) is 0.545. The Kier molecular flexibility index (Phi) is 15.3. The van der Waals surface area contributed by atoms with Gasteiger partial charge in [-0.1, -0.05) is 33.1 Å². The number of hydrogen-bond acceptors (Lipinski definition) is 4. The molecule has 86 valence electrons. The molecule has 6 heteroatoms. The Morgan fingerprint density at radius 3 is 2.47 bits per heavy atom. The van der Waals surface area contributed by atoms with Crippen molar-refractivity contribution in [2.45, 2.75) is 39.5 Å². The zero-order valence-electron chi connectivity index (χ0n) is 10.8.